The largest absolute Gasteiger partial charge is 0.399 e. The number of thiazole rings is 1. The number of rotatable bonds is 1. The van der Waals surface area contributed by atoms with Gasteiger partial charge in [-0.05, 0) is 29.7 Å². The topological polar surface area (TPSA) is 42.1 Å². The third-order valence-corrected chi connectivity index (χ3v) is 3.76. The molecule has 0 fully saturated rings. The minimum Gasteiger partial charge on any atom is -0.399 e. The number of anilines is 2. The highest BCUT2D eigenvalue weighted by atomic mass is 32.1. The first kappa shape index (κ1) is 9.66. The Kier molecular flexibility index (Phi) is 2.29. The van der Waals surface area contributed by atoms with Gasteiger partial charge >= 0.3 is 0 Å². The van der Waals surface area contributed by atoms with Gasteiger partial charge in [0.05, 0.1) is 0 Å². The number of nitrogen functional groups attached to an aromatic ring is 1. The third-order valence-electron chi connectivity index (χ3n) is 2.93. The van der Waals surface area contributed by atoms with Crippen molar-refractivity contribution in [2.24, 2.45) is 0 Å². The molecule has 0 spiro atoms. The molecule has 3 rings (SSSR count). The van der Waals surface area contributed by atoms with Crippen LogP contribution in [0.5, 0.6) is 0 Å². The third kappa shape index (κ3) is 1.65. The number of fused-ring (bicyclic) bond motifs is 1. The Balaban J connectivity index is 1.91. The molecule has 0 saturated carbocycles. The Labute approximate surface area is 98.5 Å². The molecule has 1 aliphatic rings. The van der Waals surface area contributed by atoms with E-state index in [1.54, 1.807) is 11.3 Å². The van der Waals surface area contributed by atoms with Gasteiger partial charge in [0.15, 0.2) is 5.13 Å². The molecule has 4 heteroatoms. The van der Waals surface area contributed by atoms with Crippen LogP contribution in [0.2, 0.25) is 0 Å². The van der Waals surface area contributed by atoms with E-state index in [0.29, 0.717) is 0 Å². The van der Waals surface area contributed by atoms with Gasteiger partial charge in [-0.15, -0.1) is 11.3 Å². The number of benzene rings is 1. The van der Waals surface area contributed by atoms with Gasteiger partial charge in [0.2, 0.25) is 0 Å². The maximum Gasteiger partial charge on any atom is 0.185 e. The lowest BCUT2D eigenvalue weighted by Crippen LogP contribution is -2.30. The first-order chi connectivity index (χ1) is 7.83. The van der Waals surface area contributed by atoms with Crippen molar-refractivity contribution in [1.82, 2.24) is 4.98 Å². The summed E-state index contributed by atoms with van der Waals surface area (Å²) in [5.74, 6) is 0. The van der Waals surface area contributed by atoms with E-state index < -0.39 is 0 Å². The predicted molar refractivity (Wildman–Crippen MR) is 67.7 cm³/mol. The van der Waals surface area contributed by atoms with Crippen molar-refractivity contribution in [2.45, 2.75) is 13.0 Å². The zero-order valence-electron chi connectivity index (χ0n) is 8.89. The normalized spacial score (nSPS) is 14.9. The molecular formula is C12H13N3S. The molecule has 0 amide bonds. The molecular weight excluding hydrogens is 218 g/mol. The van der Waals surface area contributed by atoms with Crippen LogP contribution in [-0.2, 0) is 13.0 Å². The Bertz CT molecular complexity index is 493. The van der Waals surface area contributed by atoms with Gasteiger partial charge in [-0.2, -0.15) is 0 Å². The number of hydrogen-bond donors (Lipinski definition) is 1. The zero-order chi connectivity index (χ0) is 11.0. The van der Waals surface area contributed by atoms with Gasteiger partial charge < -0.3 is 10.6 Å². The second-order valence-corrected chi connectivity index (χ2v) is 4.89. The maximum absolute atomic E-state index is 5.81. The molecule has 2 aromatic rings. The van der Waals surface area contributed by atoms with Crippen LogP contribution in [0.1, 0.15) is 11.1 Å². The number of aromatic nitrogens is 1. The van der Waals surface area contributed by atoms with Crippen molar-refractivity contribution in [2.75, 3.05) is 17.2 Å². The smallest absolute Gasteiger partial charge is 0.185 e. The molecule has 0 unspecified atom stereocenters. The second kappa shape index (κ2) is 3.79. The van der Waals surface area contributed by atoms with Crippen LogP contribution in [0.25, 0.3) is 0 Å². The molecule has 82 valence electrons. The summed E-state index contributed by atoms with van der Waals surface area (Å²) in [6.45, 7) is 1.97. The van der Waals surface area contributed by atoms with Crippen molar-refractivity contribution < 1.29 is 0 Å². The zero-order valence-corrected chi connectivity index (χ0v) is 9.70. The van der Waals surface area contributed by atoms with Gasteiger partial charge in [0.1, 0.15) is 0 Å². The molecule has 16 heavy (non-hydrogen) atoms. The van der Waals surface area contributed by atoms with Gasteiger partial charge in [-0.25, -0.2) is 4.98 Å². The Morgan fingerprint density at radius 2 is 2.25 bits per heavy atom. The molecule has 3 nitrogen and oxygen atoms in total. The van der Waals surface area contributed by atoms with E-state index in [1.807, 2.05) is 17.6 Å². The number of hydrogen-bond acceptors (Lipinski definition) is 4. The fourth-order valence-corrected chi connectivity index (χ4v) is 2.78. The Hall–Kier alpha value is -1.55. The highest BCUT2D eigenvalue weighted by Gasteiger charge is 2.17. The molecule has 0 saturated heterocycles. The first-order valence-electron chi connectivity index (χ1n) is 5.34. The maximum atomic E-state index is 5.81. The second-order valence-electron chi connectivity index (χ2n) is 4.01. The SMILES string of the molecule is Nc1ccc2c(c1)CN(c1nccs1)CC2. The summed E-state index contributed by atoms with van der Waals surface area (Å²) < 4.78 is 0. The lowest BCUT2D eigenvalue weighted by Gasteiger charge is -2.28. The summed E-state index contributed by atoms with van der Waals surface area (Å²) in [7, 11) is 0. The summed E-state index contributed by atoms with van der Waals surface area (Å²) in [6, 6.07) is 6.21. The van der Waals surface area contributed by atoms with Crippen LogP contribution >= 0.6 is 11.3 Å². The molecule has 1 aromatic carbocycles. The molecule has 1 aliphatic heterocycles. The van der Waals surface area contributed by atoms with Crippen LogP contribution in [0.15, 0.2) is 29.8 Å². The van der Waals surface area contributed by atoms with Gasteiger partial charge in [0, 0.05) is 30.4 Å². The van der Waals surface area contributed by atoms with Gasteiger partial charge in [0.25, 0.3) is 0 Å². The van der Waals surface area contributed by atoms with Crippen LogP contribution in [0.3, 0.4) is 0 Å². The Morgan fingerprint density at radius 1 is 1.31 bits per heavy atom. The average molecular weight is 231 g/mol. The van der Waals surface area contributed by atoms with Crippen molar-refractivity contribution in [3.63, 3.8) is 0 Å². The molecule has 0 aliphatic carbocycles. The van der Waals surface area contributed by atoms with E-state index in [0.717, 1.165) is 30.3 Å². The molecule has 2 N–H and O–H groups in total. The van der Waals surface area contributed by atoms with E-state index in [1.165, 1.54) is 11.1 Å². The minimum atomic E-state index is 0.847. The number of nitrogens with zero attached hydrogens (tertiary/aromatic N) is 2. The molecule has 1 aromatic heterocycles. The summed E-state index contributed by atoms with van der Waals surface area (Å²) in [5.41, 5.74) is 9.41. The summed E-state index contributed by atoms with van der Waals surface area (Å²) in [4.78, 5) is 6.66. The molecule has 0 radical (unpaired) electrons. The Morgan fingerprint density at radius 3 is 3.06 bits per heavy atom. The standard InChI is InChI=1S/C12H13N3S/c13-11-2-1-9-3-5-15(8-10(9)7-11)12-14-4-6-16-12/h1-2,4,6-7H,3,5,8,13H2. The van der Waals surface area contributed by atoms with E-state index in [-0.39, 0.29) is 0 Å². The molecule has 0 bridgehead atoms. The summed E-state index contributed by atoms with van der Waals surface area (Å²) >= 11 is 1.69. The fraction of sp³-hybridized carbons (Fsp3) is 0.250. The van der Waals surface area contributed by atoms with Crippen molar-refractivity contribution in [1.29, 1.82) is 0 Å². The predicted octanol–water partition coefficient (Wildman–Crippen LogP) is 2.29. The molecule has 0 atom stereocenters. The van der Waals surface area contributed by atoms with Crippen LogP contribution < -0.4 is 10.6 Å². The van der Waals surface area contributed by atoms with E-state index in [2.05, 4.69) is 22.0 Å². The van der Waals surface area contributed by atoms with E-state index in [9.17, 15) is 0 Å². The molecule has 2 heterocycles. The first-order valence-corrected chi connectivity index (χ1v) is 6.22. The highest BCUT2D eigenvalue weighted by molar-refractivity contribution is 7.13. The van der Waals surface area contributed by atoms with Crippen molar-refractivity contribution in [3.8, 4) is 0 Å². The van der Waals surface area contributed by atoms with Crippen LogP contribution in [-0.4, -0.2) is 11.5 Å². The lowest BCUT2D eigenvalue weighted by molar-refractivity contribution is 0.729. The fourth-order valence-electron chi connectivity index (χ4n) is 2.11. The average Bonchev–Trinajstić information content (AvgIpc) is 2.81. The summed E-state index contributed by atoms with van der Waals surface area (Å²) in [6.07, 6.45) is 2.93. The van der Waals surface area contributed by atoms with Crippen LogP contribution in [0.4, 0.5) is 10.8 Å². The van der Waals surface area contributed by atoms with E-state index >= 15 is 0 Å². The minimum absolute atomic E-state index is 0.847. The summed E-state index contributed by atoms with van der Waals surface area (Å²) in [5, 5.41) is 3.12. The van der Waals surface area contributed by atoms with Gasteiger partial charge in [-0.1, -0.05) is 6.07 Å². The van der Waals surface area contributed by atoms with Crippen LogP contribution in [0, 0.1) is 0 Å². The quantitative estimate of drug-likeness (QED) is 0.766. The van der Waals surface area contributed by atoms with Crippen molar-refractivity contribution >= 4 is 22.2 Å². The van der Waals surface area contributed by atoms with Gasteiger partial charge in [-0.3, -0.25) is 0 Å². The highest BCUT2D eigenvalue weighted by Crippen LogP contribution is 2.26. The monoisotopic (exact) mass is 231 g/mol. The van der Waals surface area contributed by atoms with E-state index in [4.69, 9.17) is 5.73 Å². The lowest BCUT2D eigenvalue weighted by atomic mass is 9.99. The number of nitrogens with two attached hydrogens (primary N) is 1. The van der Waals surface area contributed by atoms with Crippen molar-refractivity contribution in [3.05, 3.63) is 40.9 Å².